The highest BCUT2D eigenvalue weighted by Crippen LogP contribution is 2.36. The fourth-order valence-electron chi connectivity index (χ4n) is 1.90. The van der Waals surface area contributed by atoms with Crippen molar-refractivity contribution in [1.82, 2.24) is 0 Å². The molecule has 0 saturated carbocycles. The highest BCUT2D eigenvalue weighted by molar-refractivity contribution is 5.14. The molecule has 0 aliphatic heterocycles. The van der Waals surface area contributed by atoms with Crippen LogP contribution in [0.5, 0.6) is 0 Å². The van der Waals surface area contributed by atoms with Crippen molar-refractivity contribution in [1.29, 1.82) is 0 Å². The van der Waals surface area contributed by atoms with Crippen molar-refractivity contribution in [3.63, 3.8) is 0 Å². The standard InChI is InChI=1S/C14H16F2O/c1-11-6-5-9-13(14(11,15)16)17-10-12-7-3-2-4-8-12/h2-5,7-9,11,13H,6,10H2,1H3/t11-,13-/m0/s1. The van der Waals surface area contributed by atoms with E-state index >= 15 is 0 Å². The van der Waals surface area contributed by atoms with Gasteiger partial charge in [-0.3, -0.25) is 0 Å². The smallest absolute Gasteiger partial charge is 0.280 e. The molecule has 0 aromatic heterocycles. The highest BCUT2D eigenvalue weighted by Gasteiger charge is 2.45. The molecular weight excluding hydrogens is 222 g/mol. The lowest BCUT2D eigenvalue weighted by molar-refractivity contribution is -0.155. The monoisotopic (exact) mass is 238 g/mol. The number of benzene rings is 1. The Kier molecular flexibility index (Phi) is 3.57. The van der Waals surface area contributed by atoms with E-state index in [4.69, 9.17) is 4.74 Å². The maximum atomic E-state index is 13.8. The third kappa shape index (κ3) is 2.72. The van der Waals surface area contributed by atoms with Gasteiger partial charge in [0.15, 0.2) is 0 Å². The maximum absolute atomic E-state index is 13.8. The molecule has 0 amide bonds. The van der Waals surface area contributed by atoms with Gasteiger partial charge < -0.3 is 4.74 Å². The van der Waals surface area contributed by atoms with Crippen LogP contribution in [0.3, 0.4) is 0 Å². The first-order valence-electron chi connectivity index (χ1n) is 5.80. The average Bonchev–Trinajstić information content (AvgIpc) is 2.32. The van der Waals surface area contributed by atoms with Crippen LogP contribution in [-0.2, 0) is 11.3 Å². The van der Waals surface area contributed by atoms with Gasteiger partial charge in [0.25, 0.3) is 5.92 Å². The van der Waals surface area contributed by atoms with E-state index in [-0.39, 0.29) is 6.61 Å². The quantitative estimate of drug-likeness (QED) is 0.728. The second kappa shape index (κ2) is 4.96. The molecule has 0 radical (unpaired) electrons. The first kappa shape index (κ1) is 12.2. The van der Waals surface area contributed by atoms with Crippen LogP contribution in [0.2, 0.25) is 0 Å². The number of allylic oxidation sites excluding steroid dienone is 1. The van der Waals surface area contributed by atoms with Crippen molar-refractivity contribution >= 4 is 0 Å². The zero-order chi connectivity index (χ0) is 12.3. The molecule has 1 nitrogen and oxygen atoms in total. The molecule has 0 heterocycles. The molecule has 0 saturated heterocycles. The van der Waals surface area contributed by atoms with Crippen molar-refractivity contribution < 1.29 is 13.5 Å². The summed E-state index contributed by atoms with van der Waals surface area (Å²) in [6.45, 7) is 1.78. The molecule has 0 fully saturated rings. The minimum absolute atomic E-state index is 0.220. The van der Waals surface area contributed by atoms with Crippen molar-refractivity contribution in [3.8, 4) is 0 Å². The van der Waals surface area contributed by atoms with E-state index in [1.54, 1.807) is 13.0 Å². The lowest BCUT2D eigenvalue weighted by atomic mass is 9.90. The fraction of sp³-hybridized carbons (Fsp3) is 0.429. The second-order valence-corrected chi connectivity index (χ2v) is 4.46. The summed E-state index contributed by atoms with van der Waals surface area (Å²) >= 11 is 0. The summed E-state index contributed by atoms with van der Waals surface area (Å²) in [6, 6.07) is 9.37. The van der Waals surface area contributed by atoms with Gasteiger partial charge in [0.05, 0.1) is 6.61 Å². The van der Waals surface area contributed by atoms with E-state index in [0.717, 1.165) is 5.56 Å². The Bertz CT molecular complexity index is 386. The Morgan fingerprint density at radius 2 is 2.00 bits per heavy atom. The average molecular weight is 238 g/mol. The van der Waals surface area contributed by atoms with Crippen molar-refractivity contribution in [3.05, 3.63) is 48.0 Å². The van der Waals surface area contributed by atoms with Gasteiger partial charge in [-0.15, -0.1) is 0 Å². The molecule has 92 valence electrons. The maximum Gasteiger partial charge on any atom is 0.280 e. The zero-order valence-electron chi connectivity index (χ0n) is 9.77. The van der Waals surface area contributed by atoms with E-state index in [1.165, 1.54) is 6.08 Å². The third-order valence-corrected chi connectivity index (χ3v) is 3.11. The summed E-state index contributed by atoms with van der Waals surface area (Å²) in [5.74, 6) is -3.43. The number of hydrogen-bond acceptors (Lipinski definition) is 1. The predicted octanol–water partition coefficient (Wildman–Crippen LogP) is 3.80. The number of alkyl halides is 2. The van der Waals surface area contributed by atoms with Crippen molar-refractivity contribution in [2.75, 3.05) is 0 Å². The molecule has 1 aromatic carbocycles. The molecule has 0 spiro atoms. The van der Waals surface area contributed by atoms with Gasteiger partial charge in [-0.05, 0) is 12.0 Å². The van der Waals surface area contributed by atoms with Crippen LogP contribution >= 0.6 is 0 Å². The van der Waals surface area contributed by atoms with E-state index in [2.05, 4.69) is 0 Å². The van der Waals surface area contributed by atoms with Crippen LogP contribution in [-0.4, -0.2) is 12.0 Å². The molecular formula is C14H16F2O. The number of ether oxygens (including phenoxy) is 1. The Balaban J connectivity index is 1.99. The summed E-state index contributed by atoms with van der Waals surface area (Å²) < 4.78 is 32.9. The third-order valence-electron chi connectivity index (χ3n) is 3.11. The molecule has 3 heteroatoms. The molecule has 1 aromatic rings. The molecule has 1 aliphatic rings. The summed E-state index contributed by atoms with van der Waals surface area (Å²) in [5, 5.41) is 0. The van der Waals surface area contributed by atoms with Crippen LogP contribution < -0.4 is 0 Å². The molecule has 0 unspecified atom stereocenters. The molecule has 0 bridgehead atoms. The van der Waals surface area contributed by atoms with Crippen LogP contribution in [0, 0.1) is 5.92 Å². The molecule has 1 aliphatic carbocycles. The number of hydrogen-bond donors (Lipinski definition) is 0. The summed E-state index contributed by atoms with van der Waals surface area (Å²) in [7, 11) is 0. The van der Waals surface area contributed by atoms with E-state index in [0.29, 0.717) is 6.42 Å². The lowest BCUT2D eigenvalue weighted by Crippen LogP contribution is -2.42. The molecule has 17 heavy (non-hydrogen) atoms. The van der Waals surface area contributed by atoms with E-state index in [1.807, 2.05) is 30.3 Å². The topological polar surface area (TPSA) is 9.23 Å². The van der Waals surface area contributed by atoms with Crippen LogP contribution in [0.25, 0.3) is 0 Å². The van der Waals surface area contributed by atoms with Crippen LogP contribution in [0.15, 0.2) is 42.5 Å². The Morgan fingerprint density at radius 1 is 1.29 bits per heavy atom. The SMILES string of the molecule is C[C@H]1CC=C[C@H](OCc2ccccc2)C1(F)F. The van der Waals surface area contributed by atoms with Crippen LogP contribution in [0.1, 0.15) is 18.9 Å². The molecule has 2 atom stereocenters. The van der Waals surface area contributed by atoms with Gasteiger partial charge in [-0.2, -0.15) is 0 Å². The Morgan fingerprint density at radius 3 is 2.71 bits per heavy atom. The number of rotatable bonds is 3. The summed E-state index contributed by atoms with van der Waals surface area (Å²) in [5.41, 5.74) is 0.912. The normalized spacial score (nSPS) is 27.0. The second-order valence-electron chi connectivity index (χ2n) is 4.46. The largest absolute Gasteiger partial charge is 0.363 e. The van der Waals surface area contributed by atoms with Crippen molar-refractivity contribution in [2.24, 2.45) is 5.92 Å². The Labute approximate surface area is 100 Å². The Hall–Kier alpha value is -1.22. The zero-order valence-corrected chi connectivity index (χ0v) is 9.77. The molecule has 0 N–H and O–H groups in total. The van der Waals surface area contributed by atoms with Gasteiger partial charge in [0.1, 0.15) is 6.10 Å². The predicted molar refractivity (Wildman–Crippen MR) is 62.9 cm³/mol. The van der Waals surface area contributed by atoms with Gasteiger partial charge in [0, 0.05) is 5.92 Å². The van der Waals surface area contributed by atoms with E-state index in [9.17, 15) is 8.78 Å². The first-order valence-corrected chi connectivity index (χ1v) is 5.80. The first-order chi connectivity index (χ1) is 8.10. The minimum atomic E-state index is -2.77. The van der Waals surface area contributed by atoms with Gasteiger partial charge in [0.2, 0.25) is 0 Å². The highest BCUT2D eigenvalue weighted by atomic mass is 19.3. The minimum Gasteiger partial charge on any atom is -0.363 e. The fourth-order valence-corrected chi connectivity index (χ4v) is 1.90. The van der Waals surface area contributed by atoms with Crippen LogP contribution in [0.4, 0.5) is 8.78 Å². The van der Waals surface area contributed by atoms with Gasteiger partial charge >= 0.3 is 0 Å². The summed E-state index contributed by atoms with van der Waals surface area (Å²) in [4.78, 5) is 0. The summed E-state index contributed by atoms with van der Waals surface area (Å²) in [6.07, 6.45) is 2.56. The lowest BCUT2D eigenvalue weighted by Gasteiger charge is -2.32. The number of halogens is 2. The molecule has 2 rings (SSSR count). The van der Waals surface area contributed by atoms with E-state index < -0.39 is 17.9 Å². The van der Waals surface area contributed by atoms with Gasteiger partial charge in [-0.1, -0.05) is 49.4 Å². The van der Waals surface area contributed by atoms with Crippen molar-refractivity contribution in [2.45, 2.75) is 32.0 Å². The van der Waals surface area contributed by atoms with Gasteiger partial charge in [-0.25, -0.2) is 8.78 Å².